The van der Waals surface area contributed by atoms with Gasteiger partial charge in [-0.15, -0.1) is 0 Å². The van der Waals surface area contributed by atoms with Crippen molar-refractivity contribution in [2.24, 2.45) is 11.7 Å². The zero-order valence-corrected chi connectivity index (χ0v) is 12.2. The number of rotatable bonds is 6. The molecular weight excluding hydrogens is 271 g/mol. The first-order valence-corrected chi connectivity index (χ1v) is 6.68. The van der Waals surface area contributed by atoms with Crippen LogP contribution in [0.3, 0.4) is 0 Å². The second-order valence-corrected chi connectivity index (χ2v) is 5.21. The van der Waals surface area contributed by atoms with E-state index in [1.807, 2.05) is 13.8 Å². The Kier molecular flexibility index (Phi) is 5.99. The molecule has 1 unspecified atom stereocenters. The summed E-state index contributed by atoms with van der Waals surface area (Å²) in [5, 5.41) is 0.455. The van der Waals surface area contributed by atoms with Crippen molar-refractivity contribution in [2.45, 2.75) is 20.4 Å². The average Bonchev–Trinajstić information content (AvgIpc) is 2.32. The summed E-state index contributed by atoms with van der Waals surface area (Å²) >= 11 is 11.0. The van der Waals surface area contributed by atoms with Gasteiger partial charge in [0.05, 0.1) is 4.99 Å². The van der Waals surface area contributed by atoms with Crippen LogP contribution < -0.4 is 5.73 Å². The number of benzene rings is 1. The molecule has 0 radical (unpaired) electrons. The van der Waals surface area contributed by atoms with Gasteiger partial charge >= 0.3 is 0 Å². The van der Waals surface area contributed by atoms with E-state index in [1.54, 1.807) is 12.1 Å². The highest BCUT2D eigenvalue weighted by Gasteiger charge is 2.15. The van der Waals surface area contributed by atoms with Crippen molar-refractivity contribution in [3.05, 3.63) is 34.6 Å². The first-order chi connectivity index (χ1) is 8.45. The quantitative estimate of drug-likeness (QED) is 0.815. The smallest absolute Gasteiger partial charge is 0.129 e. The van der Waals surface area contributed by atoms with Gasteiger partial charge in [0, 0.05) is 29.6 Å². The lowest BCUT2D eigenvalue weighted by molar-refractivity contribution is 0.260. The molecule has 0 saturated heterocycles. The van der Waals surface area contributed by atoms with E-state index in [2.05, 4.69) is 4.90 Å². The molecule has 0 bridgehead atoms. The summed E-state index contributed by atoms with van der Waals surface area (Å²) in [6.07, 6.45) is 0. The molecule has 0 aromatic heterocycles. The summed E-state index contributed by atoms with van der Waals surface area (Å²) in [7, 11) is 0. The van der Waals surface area contributed by atoms with Crippen LogP contribution in [0.2, 0.25) is 5.02 Å². The van der Waals surface area contributed by atoms with Crippen molar-refractivity contribution in [3.8, 4) is 0 Å². The Labute approximate surface area is 118 Å². The molecular formula is C13H18ClFN2S. The maximum Gasteiger partial charge on any atom is 0.129 e. The van der Waals surface area contributed by atoms with Crippen molar-refractivity contribution >= 4 is 28.8 Å². The van der Waals surface area contributed by atoms with Crippen molar-refractivity contribution < 1.29 is 4.39 Å². The number of halogens is 2. The maximum absolute atomic E-state index is 13.7. The molecule has 5 heteroatoms. The van der Waals surface area contributed by atoms with Crippen LogP contribution in [0, 0.1) is 11.7 Å². The number of thiocarbonyl (C=S) groups is 1. The number of hydrogen-bond donors (Lipinski definition) is 1. The standard InChI is InChI=1S/C13H18ClFN2S/c1-3-17(7-9(2)13(16)18)8-10-11(14)5-4-6-12(10)15/h4-6,9H,3,7-8H2,1-2H3,(H2,16,18). The zero-order valence-electron chi connectivity index (χ0n) is 10.6. The van der Waals surface area contributed by atoms with E-state index in [0.29, 0.717) is 28.7 Å². The third kappa shape index (κ3) is 4.19. The molecule has 100 valence electrons. The van der Waals surface area contributed by atoms with Gasteiger partial charge in [0.15, 0.2) is 0 Å². The lowest BCUT2D eigenvalue weighted by atomic mass is 10.1. The van der Waals surface area contributed by atoms with E-state index < -0.39 is 0 Å². The summed E-state index contributed by atoms with van der Waals surface area (Å²) in [5.74, 6) is -0.172. The van der Waals surface area contributed by atoms with Gasteiger partial charge in [0.25, 0.3) is 0 Å². The molecule has 1 atom stereocenters. The van der Waals surface area contributed by atoms with Crippen LogP contribution in [0.5, 0.6) is 0 Å². The molecule has 1 aromatic carbocycles. The predicted octanol–water partition coefficient (Wildman–Crippen LogP) is 3.22. The van der Waals surface area contributed by atoms with Gasteiger partial charge in [-0.2, -0.15) is 0 Å². The molecule has 0 heterocycles. The molecule has 2 nitrogen and oxygen atoms in total. The summed E-state index contributed by atoms with van der Waals surface area (Å²) in [5.41, 5.74) is 6.12. The number of hydrogen-bond acceptors (Lipinski definition) is 2. The Balaban J connectivity index is 2.77. The SMILES string of the molecule is CCN(Cc1c(F)cccc1Cl)CC(C)C(N)=S. The third-order valence-electron chi connectivity index (χ3n) is 2.91. The topological polar surface area (TPSA) is 29.3 Å². The third-order valence-corrected chi connectivity index (χ3v) is 3.66. The fraction of sp³-hybridized carbons (Fsp3) is 0.462. The van der Waals surface area contributed by atoms with Crippen LogP contribution in [0.1, 0.15) is 19.4 Å². The van der Waals surface area contributed by atoms with Crippen LogP contribution in [0.4, 0.5) is 4.39 Å². The van der Waals surface area contributed by atoms with Crippen molar-refractivity contribution in [1.29, 1.82) is 0 Å². The van der Waals surface area contributed by atoms with Crippen molar-refractivity contribution in [1.82, 2.24) is 4.90 Å². The highest BCUT2D eigenvalue weighted by molar-refractivity contribution is 7.80. The molecule has 0 spiro atoms. The van der Waals surface area contributed by atoms with Gasteiger partial charge in [-0.1, -0.05) is 43.7 Å². The van der Waals surface area contributed by atoms with Crippen molar-refractivity contribution in [2.75, 3.05) is 13.1 Å². The van der Waals surface area contributed by atoms with E-state index in [0.717, 1.165) is 6.54 Å². The molecule has 2 N–H and O–H groups in total. The minimum Gasteiger partial charge on any atom is -0.393 e. The monoisotopic (exact) mass is 288 g/mol. The molecule has 0 aliphatic heterocycles. The largest absolute Gasteiger partial charge is 0.393 e. The fourth-order valence-electron chi connectivity index (χ4n) is 1.69. The fourth-order valence-corrected chi connectivity index (χ4v) is 1.99. The highest BCUT2D eigenvalue weighted by Crippen LogP contribution is 2.21. The average molecular weight is 289 g/mol. The lowest BCUT2D eigenvalue weighted by Crippen LogP contribution is -2.33. The number of nitrogens with two attached hydrogens (primary N) is 1. The molecule has 0 aliphatic rings. The Hall–Kier alpha value is -0.710. The predicted molar refractivity (Wildman–Crippen MR) is 78.3 cm³/mol. The van der Waals surface area contributed by atoms with Gasteiger partial charge in [-0.05, 0) is 18.7 Å². The maximum atomic E-state index is 13.7. The minimum atomic E-state index is -0.274. The second-order valence-electron chi connectivity index (χ2n) is 4.33. The molecule has 0 fully saturated rings. The summed E-state index contributed by atoms with van der Waals surface area (Å²) in [6.45, 7) is 5.94. The van der Waals surface area contributed by atoms with Crippen LogP contribution in [0.15, 0.2) is 18.2 Å². The molecule has 1 rings (SSSR count). The van der Waals surface area contributed by atoms with Gasteiger partial charge < -0.3 is 5.73 Å². The Morgan fingerprint density at radius 3 is 2.72 bits per heavy atom. The van der Waals surface area contributed by atoms with E-state index in [1.165, 1.54) is 6.07 Å². The first kappa shape index (κ1) is 15.3. The summed E-state index contributed by atoms with van der Waals surface area (Å²) < 4.78 is 13.7. The Bertz CT molecular complexity index is 405. The van der Waals surface area contributed by atoms with E-state index >= 15 is 0 Å². The molecule has 0 amide bonds. The molecule has 0 saturated carbocycles. The molecule has 1 aromatic rings. The minimum absolute atomic E-state index is 0.102. The molecule has 0 aliphatic carbocycles. The lowest BCUT2D eigenvalue weighted by Gasteiger charge is -2.24. The Morgan fingerprint density at radius 2 is 2.22 bits per heavy atom. The second kappa shape index (κ2) is 7.02. The van der Waals surface area contributed by atoms with Crippen LogP contribution >= 0.6 is 23.8 Å². The van der Waals surface area contributed by atoms with Gasteiger partial charge in [-0.3, -0.25) is 4.90 Å². The number of nitrogens with zero attached hydrogens (tertiary/aromatic N) is 1. The van der Waals surface area contributed by atoms with Gasteiger partial charge in [0.1, 0.15) is 5.82 Å². The summed E-state index contributed by atoms with van der Waals surface area (Å²) in [4.78, 5) is 2.56. The van der Waals surface area contributed by atoms with E-state index in [-0.39, 0.29) is 11.7 Å². The normalized spacial score (nSPS) is 12.7. The van der Waals surface area contributed by atoms with Crippen LogP contribution in [0.25, 0.3) is 0 Å². The first-order valence-electron chi connectivity index (χ1n) is 5.90. The van der Waals surface area contributed by atoms with E-state index in [9.17, 15) is 4.39 Å². The summed E-state index contributed by atoms with van der Waals surface area (Å²) in [6, 6.07) is 4.73. The zero-order chi connectivity index (χ0) is 13.7. The van der Waals surface area contributed by atoms with Crippen LogP contribution in [-0.4, -0.2) is 23.0 Å². The van der Waals surface area contributed by atoms with Crippen molar-refractivity contribution in [3.63, 3.8) is 0 Å². The van der Waals surface area contributed by atoms with E-state index in [4.69, 9.17) is 29.6 Å². The van der Waals surface area contributed by atoms with Crippen LogP contribution in [-0.2, 0) is 6.54 Å². The Morgan fingerprint density at radius 1 is 1.56 bits per heavy atom. The molecule has 18 heavy (non-hydrogen) atoms. The van der Waals surface area contributed by atoms with Gasteiger partial charge in [-0.25, -0.2) is 4.39 Å². The van der Waals surface area contributed by atoms with Gasteiger partial charge in [0.2, 0.25) is 0 Å². The highest BCUT2D eigenvalue weighted by atomic mass is 35.5.